The molecule has 0 spiro atoms. The van der Waals surface area contributed by atoms with Crippen molar-refractivity contribution in [3.05, 3.63) is 30.3 Å². The van der Waals surface area contributed by atoms with Crippen molar-refractivity contribution in [2.75, 3.05) is 16.8 Å². The van der Waals surface area contributed by atoms with E-state index in [-0.39, 0.29) is 12.2 Å². The Morgan fingerprint density at radius 1 is 1.40 bits per heavy atom. The topological polar surface area (TPSA) is 29.5 Å². The molecule has 3 nitrogen and oxygen atoms in total. The highest BCUT2D eigenvalue weighted by atomic mass is 79.9. The van der Waals surface area contributed by atoms with Gasteiger partial charge in [0.2, 0.25) is 0 Å². The number of para-hydroxylation sites is 1. The Balaban J connectivity index is 2.09. The molecule has 1 saturated heterocycles. The van der Waals surface area contributed by atoms with Crippen molar-refractivity contribution in [3.63, 3.8) is 0 Å². The predicted octanol–water partition coefficient (Wildman–Crippen LogP) is 2.80. The summed E-state index contributed by atoms with van der Waals surface area (Å²) in [6.07, 6.45) is 0.624. The predicted molar refractivity (Wildman–Crippen MR) is 62.5 cm³/mol. The molecule has 0 aliphatic carbocycles. The molecule has 80 valence electrons. The van der Waals surface area contributed by atoms with Crippen LogP contribution in [0.1, 0.15) is 6.42 Å². The maximum atomic E-state index is 11.5. The maximum Gasteiger partial charge on any atom is 0.414 e. The SMILES string of the molecule is O=C1OC(CCBr)CN1c1ccccc1. The van der Waals surface area contributed by atoms with E-state index in [9.17, 15) is 4.79 Å². The van der Waals surface area contributed by atoms with Crippen LogP contribution >= 0.6 is 15.9 Å². The lowest BCUT2D eigenvalue weighted by Crippen LogP contribution is -2.24. The zero-order chi connectivity index (χ0) is 10.7. The zero-order valence-electron chi connectivity index (χ0n) is 8.23. The quantitative estimate of drug-likeness (QED) is 0.790. The number of hydrogen-bond acceptors (Lipinski definition) is 2. The lowest BCUT2D eigenvalue weighted by molar-refractivity contribution is 0.140. The molecule has 1 amide bonds. The van der Waals surface area contributed by atoms with Gasteiger partial charge in [0.25, 0.3) is 0 Å². The summed E-state index contributed by atoms with van der Waals surface area (Å²) >= 11 is 3.35. The van der Waals surface area contributed by atoms with Gasteiger partial charge in [-0.15, -0.1) is 0 Å². The fraction of sp³-hybridized carbons (Fsp3) is 0.364. The Morgan fingerprint density at radius 3 is 2.80 bits per heavy atom. The number of amides is 1. The average Bonchev–Trinajstić information content (AvgIpc) is 2.61. The number of nitrogens with zero attached hydrogens (tertiary/aromatic N) is 1. The van der Waals surface area contributed by atoms with E-state index < -0.39 is 0 Å². The van der Waals surface area contributed by atoms with Gasteiger partial charge in [0.1, 0.15) is 6.10 Å². The van der Waals surface area contributed by atoms with Gasteiger partial charge in [0, 0.05) is 11.0 Å². The van der Waals surface area contributed by atoms with Crippen LogP contribution in [-0.2, 0) is 4.74 Å². The average molecular weight is 270 g/mol. The number of anilines is 1. The third kappa shape index (κ3) is 2.31. The third-order valence-corrected chi connectivity index (χ3v) is 2.83. The second-order valence-corrected chi connectivity index (χ2v) is 4.22. The number of carbonyl (C=O) groups is 1. The summed E-state index contributed by atoms with van der Waals surface area (Å²) in [6, 6.07) is 9.59. The molecule has 15 heavy (non-hydrogen) atoms. The standard InChI is InChI=1S/C11H12BrNO2/c12-7-6-10-8-13(11(14)15-10)9-4-2-1-3-5-9/h1-5,10H,6-8H2. The summed E-state index contributed by atoms with van der Waals surface area (Å²) in [5, 5.41) is 0.855. The van der Waals surface area contributed by atoms with E-state index in [1.165, 1.54) is 0 Å². The monoisotopic (exact) mass is 269 g/mol. The minimum Gasteiger partial charge on any atom is -0.444 e. The summed E-state index contributed by atoms with van der Waals surface area (Å²) in [5.41, 5.74) is 0.902. The van der Waals surface area contributed by atoms with Gasteiger partial charge in [-0.05, 0) is 18.6 Å². The third-order valence-electron chi connectivity index (χ3n) is 2.37. The molecule has 1 aliphatic heterocycles. The molecule has 1 atom stereocenters. The lowest BCUT2D eigenvalue weighted by atomic mass is 10.2. The smallest absolute Gasteiger partial charge is 0.414 e. The summed E-state index contributed by atoms with van der Waals surface area (Å²) in [5.74, 6) is 0. The van der Waals surface area contributed by atoms with Crippen LogP contribution in [0.25, 0.3) is 0 Å². The van der Waals surface area contributed by atoms with Crippen LogP contribution in [0.5, 0.6) is 0 Å². The summed E-state index contributed by atoms with van der Waals surface area (Å²) < 4.78 is 5.23. The number of halogens is 1. The van der Waals surface area contributed by atoms with Crippen molar-refractivity contribution in [2.45, 2.75) is 12.5 Å². The lowest BCUT2D eigenvalue weighted by Gasteiger charge is -2.11. The van der Waals surface area contributed by atoms with Crippen LogP contribution in [0.15, 0.2) is 30.3 Å². The van der Waals surface area contributed by atoms with E-state index in [1.807, 2.05) is 30.3 Å². The molecule has 1 aromatic rings. The molecule has 0 saturated carbocycles. The van der Waals surface area contributed by atoms with Crippen LogP contribution in [0.4, 0.5) is 10.5 Å². The van der Waals surface area contributed by atoms with E-state index in [4.69, 9.17) is 4.74 Å². The molecule has 1 fully saturated rings. The van der Waals surface area contributed by atoms with E-state index >= 15 is 0 Å². The molecule has 0 bridgehead atoms. The van der Waals surface area contributed by atoms with Crippen molar-refractivity contribution in [1.82, 2.24) is 0 Å². The number of benzene rings is 1. The normalized spacial score (nSPS) is 20.5. The number of cyclic esters (lactones) is 1. The molecule has 0 N–H and O–H groups in total. The van der Waals surface area contributed by atoms with Gasteiger partial charge < -0.3 is 4.74 Å². The highest BCUT2D eigenvalue weighted by molar-refractivity contribution is 9.09. The Hall–Kier alpha value is -1.03. The Kier molecular flexibility index (Phi) is 3.26. The molecule has 4 heteroatoms. The van der Waals surface area contributed by atoms with Gasteiger partial charge in [0.05, 0.1) is 6.54 Å². The Labute approximate surface area is 97.2 Å². The maximum absolute atomic E-state index is 11.5. The first kappa shape index (κ1) is 10.5. The molecular formula is C11H12BrNO2. The number of alkyl halides is 1. The molecule has 1 unspecified atom stereocenters. The molecule has 1 heterocycles. The second-order valence-electron chi connectivity index (χ2n) is 3.43. The second kappa shape index (κ2) is 4.66. The summed E-state index contributed by atoms with van der Waals surface area (Å²) in [4.78, 5) is 13.2. The summed E-state index contributed by atoms with van der Waals surface area (Å²) in [6.45, 7) is 0.647. The highest BCUT2D eigenvalue weighted by Gasteiger charge is 2.31. The van der Waals surface area contributed by atoms with Gasteiger partial charge in [-0.25, -0.2) is 4.79 Å². The van der Waals surface area contributed by atoms with Crippen LogP contribution < -0.4 is 4.90 Å². The van der Waals surface area contributed by atoms with Crippen molar-refractivity contribution in [3.8, 4) is 0 Å². The van der Waals surface area contributed by atoms with E-state index in [2.05, 4.69) is 15.9 Å². The van der Waals surface area contributed by atoms with Crippen molar-refractivity contribution in [1.29, 1.82) is 0 Å². The van der Waals surface area contributed by atoms with Gasteiger partial charge in [0.15, 0.2) is 0 Å². The molecule has 1 aliphatic rings. The molecule has 1 aromatic carbocycles. The van der Waals surface area contributed by atoms with Crippen LogP contribution in [-0.4, -0.2) is 24.1 Å². The Bertz CT molecular complexity index is 342. The largest absolute Gasteiger partial charge is 0.444 e. The van der Waals surface area contributed by atoms with Crippen molar-refractivity contribution in [2.24, 2.45) is 0 Å². The first-order valence-electron chi connectivity index (χ1n) is 4.90. The minimum atomic E-state index is -0.243. The molecule has 2 rings (SSSR count). The first-order chi connectivity index (χ1) is 7.31. The number of hydrogen-bond donors (Lipinski definition) is 0. The number of ether oxygens (including phenoxy) is 1. The van der Waals surface area contributed by atoms with Gasteiger partial charge >= 0.3 is 6.09 Å². The number of rotatable bonds is 3. The molecule has 0 aromatic heterocycles. The Morgan fingerprint density at radius 2 is 2.13 bits per heavy atom. The van der Waals surface area contributed by atoms with Crippen molar-refractivity contribution >= 4 is 27.7 Å². The molecule has 0 radical (unpaired) electrons. The van der Waals surface area contributed by atoms with Crippen LogP contribution in [0, 0.1) is 0 Å². The van der Waals surface area contributed by atoms with Gasteiger partial charge in [-0.2, -0.15) is 0 Å². The molecular weight excluding hydrogens is 258 g/mol. The van der Waals surface area contributed by atoms with E-state index in [1.54, 1.807) is 4.90 Å². The fourth-order valence-electron chi connectivity index (χ4n) is 1.61. The van der Waals surface area contributed by atoms with E-state index in [0.29, 0.717) is 6.54 Å². The van der Waals surface area contributed by atoms with Gasteiger partial charge in [-0.1, -0.05) is 34.1 Å². The van der Waals surface area contributed by atoms with Crippen LogP contribution in [0.3, 0.4) is 0 Å². The number of carbonyl (C=O) groups excluding carboxylic acids is 1. The fourth-order valence-corrected chi connectivity index (χ4v) is 2.12. The highest BCUT2D eigenvalue weighted by Crippen LogP contribution is 2.22. The van der Waals surface area contributed by atoms with Crippen molar-refractivity contribution < 1.29 is 9.53 Å². The minimum absolute atomic E-state index is 0.0112. The first-order valence-corrected chi connectivity index (χ1v) is 6.02. The summed E-state index contributed by atoms with van der Waals surface area (Å²) in [7, 11) is 0. The van der Waals surface area contributed by atoms with Crippen LogP contribution in [0.2, 0.25) is 0 Å². The zero-order valence-corrected chi connectivity index (χ0v) is 9.81. The van der Waals surface area contributed by atoms with Gasteiger partial charge in [-0.3, -0.25) is 4.90 Å². The van der Waals surface area contributed by atoms with E-state index in [0.717, 1.165) is 17.4 Å².